The lowest BCUT2D eigenvalue weighted by Crippen LogP contribution is -2.37. The van der Waals surface area contributed by atoms with E-state index in [0.717, 1.165) is 0 Å². The van der Waals surface area contributed by atoms with Crippen molar-refractivity contribution in [3.8, 4) is 0 Å². The summed E-state index contributed by atoms with van der Waals surface area (Å²) in [5.41, 5.74) is 2.56. The Balaban J connectivity index is 1.73. The van der Waals surface area contributed by atoms with Crippen molar-refractivity contribution in [3.05, 3.63) is 65.7 Å². The molecule has 0 radical (unpaired) electrons. The number of rotatable bonds is 7. The molecule has 1 aliphatic carbocycles. The van der Waals surface area contributed by atoms with Crippen molar-refractivity contribution in [2.45, 2.75) is 43.7 Å². The predicted molar refractivity (Wildman–Crippen MR) is 97.7 cm³/mol. The van der Waals surface area contributed by atoms with Gasteiger partial charge in [-0.3, -0.25) is 0 Å². The summed E-state index contributed by atoms with van der Waals surface area (Å²) < 4.78 is 25.1. The zero-order valence-corrected chi connectivity index (χ0v) is 15.1. The molecule has 2 atom stereocenters. The third-order valence-electron chi connectivity index (χ3n) is 4.65. The number of sulfone groups is 1. The molecule has 3 rings (SSSR count). The topological polar surface area (TPSA) is 46.2 Å². The molecule has 0 bridgehead atoms. The lowest BCUT2D eigenvalue weighted by Gasteiger charge is -2.25. The second-order valence-corrected chi connectivity index (χ2v) is 8.87. The SMILES string of the molecule is Cc1ccccc1[C@H](N[C@@H](C)CS(=O)(=O)c1ccccc1)C1CC1. The Kier molecular flexibility index (Phi) is 5.07. The lowest BCUT2D eigenvalue weighted by molar-refractivity contribution is 0.433. The minimum absolute atomic E-state index is 0.0968. The van der Waals surface area contributed by atoms with E-state index in [1.807, 2.05) is 19.1 Å². The van der Waals surface area contributed by atoms with Gasteiger partial charge < -0.3 is 5.32 Å². The van der Waals surface area contributed by atoms with Crippen LogP contribution in [0.15, 0.2) is 59.5 Å². The summed E-state index contributed by atoms with van der Waals surface area (Å²) in [6.07, 6.45) is 2.42. The molecule has 24 heavy (non-hydrogen) atoms. The molecule has 0 amide bonds. The first-order chi connectivity index (χ1) is 11.5. The van der Waals surface area contributed by atoms with Crippen molar-refractivity contribution in [2.24, 2.45) is 5.92 Å². The molecule has 0 aromatic heterocycles. The van der Waals surface area contributed by atoms with Gasteiger partial charge in [0.25, 0.3) is 0 Å². The fourth-order valence-corrected chi connectivity index (χ4v) is 4.77. The molecule has 1 aliphatic rings. The highest BCUT2D eigenvalue weighted by molar-refractivity contribution is 7.91. The normalized spacial score (nSPS) is 17.4. The standard InChI is InChI=1S/C20H25NO2S/c1-15-8-6-7-11-19(15)20(17-12-13-17)21-16(2)14-24(22,23)18-9-4-3-5-10-18/h3-11,16-17,20-21H,12-14H2,1-2H3/t16-,20+/m0/s1. The van der Waals surface area contributed by atoms with Crippen LogP contribution in [0, 0.1) is 12.8 Å². The fourth-order valence-electron chi connectivity index (χ4n) is 3.25. The van der Waals surface area contributed by atoms with E-state index in [1.54, 1.807) is 24.3 Å². The maximum atomic E-state index is 12.6. The molecule has 3 nitrogen and oxygen atoms in total. The second-order valence-electron chi connectivity index (χ2n) is 6.83. The maximum absolute atomic E-state index is 12.6. The summed E-state index contributed by atoms with van der Waals surface area (Å²) in [7, 11) is -3.27. The van der Waals surface area contributed by atoms with E-state index in [2.05, 4.69) is 30.4 Å². The molecule has 1 fully saturated rings. The molecule has 0 saturated heterocycles. The van der Waals surface area contributed by atoms with Crippen molar-refractivity contribution < 1.29 is 8.42 Å². The molecule has 4 heteroatoms. The molecular weight excluding hydrogens is 318 g/mol. The minimum Gasteiger partial charge on any atom is -0.306 e. The summed E-state index contributed by atoms with van der Waals surface area (Å²) in [4.78, 5) is 0.400. The minimum atomic E-state index is -3.27. The van der Waals surface area contributed by atoms with Crippen LogP contribution in [0.5, 0.6) is 0 Å². The Morgan fingerprint density at radius 3 is 2.29 bits per heavy atom. The lowest BCUT2D eigenvalue weighted by atomic mass is 9.97. The average molecular weight is 343 g/mol. The van der Waals surface area contributed by atoms with E-state index in [9.17, 15) is 8.42 Å². The molecule has 2 aromatic carbocycles. The Labute approximate surface area is 145 Å². The van der Waals surface area contributed by atoms with E-state index >= 15 is 0 Å². The molecule has 0 heterocycles. The van der Waals surface area contributed by atoms with Crippen LogP contribution in [0.4, 0.5) is 0 Å². The zero-order valence-electron chi connectivity index (χ0n) is 14.3. The monoisotopic (exact) mass is 343 g/mol. The average Bonchev–Trinajstić information content (AvgIpc) is 3.39. The highest BCUT2D eigenvalue weighted by atomic mass is 32.2. The van der Waals surface area contributed by atoms with Crippen molar-refractivity contribution in [1.82, 2.24) is 5.32 Å². The van der Waals surface area contributed by atoms with Gasteiger partial charge in [-0.05, 0) is 55.9 Å². The van der Waals surface area contributed by atoms with Crippen LogP contribution in [0.1, 0.15) is 36.9 Å². The summed E-state index contributed by atoms with van der Waals surface area (Å²) in [6, 6.07) is 17.2. The Bertz CT molecular complexity index is 782. The predicted octanol–water partition coefficient (Wildman–Crippen LogP) is 3.90. The highest BCUT2D eigenvalue weighted by Crippen LogP contribution is 2.42. The quantitative estimate of drug-likeness (QED) is 0.829. The molecule has 1 N–H and O–H groups in total. The highest BCUT2D eigenvalue weighted by Gasteiger charge is 2.34. The number of hydrogen-bond acceptors (Lipinski definition) is 3. The van der Waals surface area contributed by atoms with Crippen molar-refractivity contribution in [2.75, 3.05) is 5.75 Å². The Morgan fingerprint density at radius 2 is 1.67 bits per heavy atom. The maximum Gasteiger partial charge on any atom is 0.179 e. The van der Waals surface area contributed by atoms with Crippen LogP contribution < -0.4 is 5.32 Å². The van der Waals surface area contributed by atoms with Crippen LogP contribution in [0.25, 0.3) is 0 Å². The summed E-state index contributed by atoms with van der Waals surface area (Å²) in [5, 5.41) is 3.58. The van der Waals surface area contributed by atoms with Gasteiger partial charge in [0.15, 0.2) is 9.84 Å². The summed E-state index contributed by atoms with van der Waals surface area (Å²) in [6.45, 7) is 4.09. The fraction of sp³-hybridized carbons (Fsp3) is 0.400. The molecule has 0 aliphatic heterocycles. The van der Waals surface area contributed by atoms with Gasteiger partial charge >= 0.3 is 0 Å². The van der Waals surface area contributed by atoms with Gasteiger partial charge in [0.2, 0.25) is 0 Å². The molecule has 2 aromatic rings. The van der Waals surface area contributed by atoms with Crippen LogP contribution in [0.2, 0.25) is 0 Å². The second kappa shape index (κ2) is 7.08. The first-order valence-electron chi connectivity index (χ1n) is 8.57. The number of nitrogens with one attached hydrogen (secondary N) is 1. The van der Waals surface area contributed by atoms with E-state index < -0.39 is 9.84 Å². The van der Waals surface area contributed by atoms with E-state index in [-0.39, 0.29) is 17.8 Å². The van der Waals surface area contributed by atoms with Gasteiger partial charge in [0.1, 0.15) is 0 Å². The van der Waals surface area contributed by atoms with Gasteiger partial charge in [0, 0.05) is 12.1 Å². The van der Waals surface area contributed by atoms with Crippen molar-refractivity contribution >= 4 is 9.84 Å². The summed E-state index contributed by atoms with van der Waals surface area (Å²) >= 11 is 0. The summed E-state index contributed by atoms with van der Waals surface area (Å²) in [5.74, 6) is 0.736. The first-order valence-corrected chi connectivity index (χ1v) is 10.2. The van der Waals surface area contributed by atoms with E-state index in [4.69, 9.17) is 0 Å². The number of aryl methyl sites for hydroxylation is 1. The molecular formula is C20H25NO2S. The van der Waals surface area contributed by atoms with Crippen LogP contribution in [-0.2, 0) is 9.84 Å². The third kappa shape index (κ3) is 4.05. The number of hydrogen-bond donors (Lipinski definition) is 1. The Hall–Kier alpha value is -1.65. The van der Waals surface area contributed by atoms with Gasteiger partial charge in [-0.2, -0.15) is 0 Å². The Morgan fingerprint density at radius 1 is 1.04 bits per heavy atom. The van der Waals surface area contributed by atoms with Crippen LogP contribution in [-0.4, -0.2) is 20.2 Å². The van der Waals surface area contributed by atoms with Gasteiger partial charge in [-0.15, -0.1) is 0 Å². The molecule has 128 valence electrons. The van der Waals surface area contributed by atoms with Gasteiger partial charge in [-0.1, -0.05) is 42.5 Å². The number of benzene rings is 2. The van der Waals surface area contributed by atoms with E-state index in [0.29, 0.717) is 10.8 Å². The van der Waals surface area contributed by atoms with Crippen LogP contribution in [0.3, 0.4) is 0 Å². The molecule has 0 unspecified atom stereocenters. The molecule has 1 saturated carbocycles. The van der Waals surface area contributed by atoms with Crippen LogP contribution >= 0.6 is 0 Å². The first kappa shape index (κ1) is 17.2. The zero-order chi connectivity index (χ0) is 17.2. The van der Waals surface area contributed by atoms with Crippen molar-refractivity contribution in [3.63, 3.8) is 0 Å². The van der Waals surface area contributed by atoms with Crippen molar-refractivity contribution in [1.29, 1.82) is 0 Å². The smallest absolute Gasteiger partial charge is 0.179 e. The van der Waals surface area contributed by atoms with Gasteiger partial charge in [-0.25, -0.2) is 8.42 Å². The molecule has 0 spiro atoms. The van der Waals surface area contributed by atoms with Gasteiger partial charge in [0.05, 0.1) is 10.6 Å². The largest absolute Gasteiger partial charge is 0.306 e. The van der Waals surface area contributed by atoms with E-state index in [1.165, 1.54) is 24.0 Å². The third-order valence-corrected chi connectivity index (χ3v) is 6.58.